The second-order valence-electron chi connectivity index (χ2n) is 4.90. The van der Waals surface area contributed by atoms with E-state index in [1.807, 2.05) is 25.2 Å². The SMILES string of the molecule is CNC(CS(C)(=O)=O)C1CC1c1ccccc1. The quantitative estimate of drug-likeness (QED) is 0.863. The molecule has 94 valence electrons. The van der Waals surface area contributed by atoms with Gasteiger partial charge in [-0.15, -0.1) is 0 Å². The van der Waals surface area contributed by atoms with Crippen LogP contribution in [0.2, 0.25) is 0 Å². The molecule has 1 saturated carbocycles. The van der Waals surface area contributed by atoms with Crippen molar-refractivity contribution >= 4 is 9.84 Å². The second kappa shape index (κ2) is 4.78. The third-order valence-electron chi connectivity index (χ3n) is 3.44. The van der Waals surface area contributed by atoms with Crippen LogP contribution in [0.25, 0.3) is 0 Å². The van der Waals surface area contributed by atoms with Crippen LogP contribution in [-0.2, 0) is 9.84 Å². The summed E-state index contributed by atoms with van der Waals surface area (Å²) in [4.78, 5) is 0. The van der Waals surface area contributed by atoms with E-state index < -0.39 is 9.84 Å². The molecule has 0 aliphatic heterocycles. The zero-order chi connectivity index (χ0) is 12.5. The summed E-state index contributed by atoms with van der Waals surface area (Å²) >= 11 is 0. The van der Waals surface area contributed by atoms with Gasteiger partial charge in [-0.3, -0.25) is 0 Å². The highest BCUT2D eigenvalue weighted by Gasteiger charge is 2.43. The monoisotopic (exact) mass is 253 g/mol. The molecule has 1 N–H and O–H groups in total. The lowest BCUT2D eigenvalue weighted by atomic mass is 10.1. The Balaban J connectivity index is 2.02. The highest BCUT2D eigenvalue weighted by molar-refractivity contribution is 7.90. The van der Waals surface area contributed by atoms with Crippen molar-refractivity contribution in [2.24, 2.45) is 5.92 Å². The molecule has 0 spiro atoms. The van der Waals surface area contributed by atoms with Crippen molar-refractivity contribution in [3.63, 3.8) is 0 Å². The molecule has 1 aliphatic carbocycles. The van der Waals surface area contributed by atoms with Gasteiger partial charge in [-0.1, -0.05) is 30.3 Å². The first-order chi connectivity index (χ1) is 8.01. The zero-order valence-electron chi connectivity index (χ0n) is 10.3. The highest BCUT2D eigenvalue weighted by Crippen LogP contribution is 2.49. The molecule has 1 aromatic rings. The van der Waals surface area contributed by atoms with Gasteiger partial charge in [-0.05, 0) is 30.9 Å². The Morgan fingerprint density at radius 2 is 2.00 bits per heavy atom. The number of hydrogen-bond acceptors (Lipinski definition) is 3. The molecule has 1 aliphatic rings. The standard InChI is InChI=1S/C13H19NO2S/c1-14-13(9-17(2,15)16)12-8-11(12)10-6-4-3-5-7-10/h3-7,11-14H,8-9H2,1-2H3. The normalized spacial score (nSPS) is 25.5. The molecule has 3 atom stereocenters. The molecule has 3 unspecified atom stereocenters. The van der Waals surface area contributed by atoms with E-state index in [0.717, 1.165) is 6.42 Å². The van der Waals surface area contributed by atoms with Gasteiger partial charge in [0.15, 0.2) is 0 Å². The lowest BCUT2D eigenvalue weighted by Crippen LogP contribution is -2.35. The largest absolute Gasteiger partial charge is 0.316 e. The fourth-order valence-electron chi connectivity index (χ4n) is 2.49. The Bertz CT molecular complexity index is 469. The molecule has 0 bridgehead atoms. The highest BCUT2D eigenvalue weighted by atomic mass is 32.2. The first-order valence-corrected chi connectivity index (χ1v) is 7.97. The van der Waals surface area contributed by atoms with Gasteiger partial charge in [0.1, 0.15) is 9.84 Å². The van der Waals surface area contributed by atoms with Crippen molar-refractivity contribution in [3.05, 3.63) is 35.9 Å². The van der Waals surface area contributed by atoms with Crippen molar-refractivity contribution in [1.82, 2.24) is 5.32 Å². The lowest BCUT2D eigenvalue weighted by Gasteiger charge is -2.14. The molecule has 0 heterocycles. The van der Waals surface area contributed by atoms with Crippen LogP contribution in [0.15, 0.2) is 30.3 Å². The minimum atomic E-state index is -2.91. The Hall–Kier alpha value is -0.870. The minimum Gasteiger partial charge on any atom is -0.316 e. The first-order valence-electron chi connectivity index (χ1n) is 5.91. The molecule has 1 aromatic carbocycles. The summed E-state index contributed by atoms with van der Waals surface area (Å²) in [7, 11) is -1.07. The fourth-order valence-corrected chi connectivity index (χ4v) is 3.56. The number of hydrogen-bond donors (Lipinski definition) is 1. The molecule has 0 radical (unpaired) electrons. The molecular weight excluding hydrogens is 234 g/mol. The van der Waals surface area contributed by atoms with Crippen molar-refractivity contribution < 1.29 is 8.42 Å². The summed E-state index contributed by atoms with van der Waals surface area (Å²) in [6, 6.07) is 10.4. The van der Waals surface area contributed by atoms with E-state index >= 15 is 0 Å². The van der Waals surface area contributed by atoms with Gasteiger partial charge in [0.2, 0.25) is 0 Å². The average molecular weight is 253 g/mol. The van der Waals surface area contributed by atoms with Crippen molar-refractivity contribution in [1.29, 1.82) is 0 Å². The van der Waals surface area contributed by atoms with Crippen LogP contribution < -0.4 is 5.32 Å². The van der Waals surface area contributed by atoms with E-state index in [0.29, 0.717) is 11.8 Å². The molecule has 17 heavy (non-hydrogen) atoms. The topological polar surface area (TPSA) is 46.2 Å². The minimum absolute atomic E-state index is 0.0789. The third-order valence-corrected chi connectivity index (χ3v) is 4.40. The molecule has 3 nitrogen and oxygen atoms in total. The lowest BCUT2D eigenvalue weighted by molar-refractivity contribution is 0.521. The van der Waals surface area contributed by atoms with E-state index in [-0.39, 0.29) is 11.8 Å². The molecule has 0 amide bonds. The predicted molar refractivity (Wildman–Crippen MR) is 69.8 cm³/mol. The average Bonchev–Trinajstić information content (AvgIpc) is 3.06. The van der Waals surface area contributed by atoms with Gasteiger partial charge in [0.05, 0.1) is 5.75 Å². The summed E-state index contributed by atoms with van der Waals surface area (Å²) in [5.41, 5.74) is 1.33. The Kier molecular flexibility index (Phi) is 3.54. The van der Waals surface area contributed by atoms with Crippen LogP contribution in [0.4, 0.5) is 0 Å². The number of benzene rings is 1. The number of sulfone groups is 1. The van der Waals surface area contributed by atoms with E-state index in [1.165, 1.54) is 11.8 Å². The summed E-state index contributed by atoms with van der Waals surface area (Å²) in [6.45, 7) is 0. The predicted octanol–water partition coefficient (Wildman–Crippen LogP) is 1.42. The van der Waals surface area contributed by atoms with E-state index in [2.05, 4.69) is 17.4 Å². The number of nitrogens with one attached hydrogen (secondary N) is 1. The summed E-state index contributed by atoms with van der Waals surface area (Å²) < 4.78 is 22.7. The maximum absolute atomic E-state index is 11.3. The van der Waals surface area contributed by atoms with Gasteiger partial charge >= 0.3 is 0 Å². The van der Waals surface area contributed by atoms with Crippen molar-refractivity contribution in [2.45, 2.75) is 18.4 Å². The van der Waals surface area contributed by atoms with Crippen LogP contribution in [0, 0.1) is 5.92 Å². The van der Waals surface area contributed by atoms with E-state index in [4.69, 9.17) is 0 Å². The smallest absolute Gasteiger partial charge is 0.148 e. The molecule has 0 aromatic heterocycles. The zero-order valence-corrected chi connectivity index (χ0v) is 11.1. The van der Waals surface area contributed by atoms with E-state index in [1.54, 1.807) is 0 Å². The van der Waals surface area contributed by atoms with Crippen molar-refractivity contribution in [2.75, 3.05) is 19.1 Å². The second-order valence-corrected chi connectivity index (χ2v) is 7.09. The maximum Gasteiger partial charge on any atom is 0.148 e. The Morgan fingerprint density at radius 1 is 1.35 bits per heavy atom. The molecule has 4 heteroatoms. The summed E-state index contributed by atoms with van der Waals surface area (Å²) in [6.07, 6.45) is 2.39. The Labute approximate surface area is 103 Å². The number of rotatable bonds is 5. The van der Waals surface area contributed by atoms with Crippen molar-refractivity contribution in [3.8, 4) is 0 Å². The molecular formula is C13H19NO2S. The van der Waals surface area contributed by atoms with Crippen LogP contribution in [0.1, 0.15) is 17.9 Å². The first kappa shape index (κ1) is 12.6. The van der Waals surface area contributed by atoms with Crippen LogP contribution in [-0.4, -0.2) is 33.5 Å². The maximum atomic E-state index is 11.3. The van der Waals surface area contributed by atoms with Crippen LogP contribution >= 0.6 is 0 Å². The van der Waals surface area contributed by atoms with Crippen LogP contribution in [0.5, 0.6) is 0 Å². The van der Waals surface area contributed by atoms with Gasteiger partial charge in [0.25, 0.3) is 0 Å². The van der Waals surface area contributed by atoms with Gasteiger partial charge in [-0.25, -0.2) is 8.42 Å². The van der Waals surface area contributed by atoms with Gasteiger partial charge < -0.3 is 5.32 Å². The Morgan fingerprint density at radius 3 is 2.53 bits per heavy atom. The molecule has 2 rings (SSSR count). The van der Waals surface area contributed by atoms with Gasteiger partial charge in [0, 0.05) is 12.3 Å². The molecule has 0 saturated heterocycles. The third kappa shape index (κ3) is 3.30. The van der Waals surface area contributed by atoms with Crippen LogP contribution in [0.3, 0.4) is 0 Å². The summed E-state index contributed by atoms with van der Waals surface area (Å²) in [5, 5.41) is 3.14. The summed E-state index contributed by atoms with van der Waals surface area (Å²) in [5.74, 6) is 1.21. The van der Waals surface area contributed by atoms with E-state index in [9.17, 15) is 8.42 Å². The molecule has 1 fully saturated rings. The van der Waals surface area contributed by atoms with Gasteiger partial charge in [-0.2, -0.15) is 0 Å². The fraction of sp³-hybridized carbons (Fsp3) is 0.538.